The van der Waals surface area contributed by atoms with Crippen LogP contribution in [0.1, 0.15) is 55.9 Å². The fourth-order valence-electron chi connectivity index (χ4n) is 4.04. The van der Waals surface area contributed by atoms with E-state index in [1.807, 2.05) is 12.1 Å². The monoisotopic (exact) mass is 526 g/mol. The fourth-order valence-corrected chi connectivity index (χ4v) is 5.09. The van der Waals surface area contributed by atoms with Crippen LogP contribution in [0.3, 0.4) is 0 Å². The molecule has 154 valence electrons. The number of thiophene rings is 1. The summed E-state index contributed by atoms with van der Waals surface area (Å²) in [4.78, 5) is 7.88. The molecule has 5 nitrogen and oxygen atoms in total. The predicted octanol–water partition coefficient (Wildman–Crippen LogP) is 4.02. The van der Waals surface area contributed by atoms with Gasteiger partial charge < -0.3 is 20.6 Å². The third-order valence-corrected chi connectivity index (χ3v) is 6.90. The average Bonchev–Trinajstić information content (AvgIpc) is 3.12. The number of nitrogens with one attached hydrogen (secondary N) is 2. The molecule has 1 saturated heterocycles. The number of aliphatic hydroxyl groups excluding tert-OH is 1. The zero-order chi connectivity index (χ0) is 18.4. The van der Waals surface area contributed by atoms with Gasteiger partial charge in [0.15, 0.2) is 5.96 Å². The number of likely N-dealkylation sites (tertiary alicyclic amines) is 1. The third kappa shape index (κ3) is 7.03. The standard InChI is InChI=1S/C19H31ClN4OS.HI/c1-21-19(22-13-16(25)17-7-8-18(20)26-17)23-14-9-11-24(12-10-14)15-5-3-2-4-6-15;/h7-8,14-16,25H,2-6,9-13H2,1H3,(H2,21,22,23);1H. The normalized spacial score (nSPS) is 21.5. The van der Waals surface area contributed by atoms with Crippen molar-refractivity contribution in [1.29, 1.82) is 0 Å². The molecule has 0 radical (unpaired) electrons. The predicted molar refractivity (Wildman–Crippen MR) is 126 cm³/mol. The SMILES string of the molecule is CN=C(NCC(O)c1ccc(Cl)s1)NC1CCN(C2CCCCC2)CC1.I. The summed E-state index contributed by atoms with van der Waals surface area (Å²) in [7, 11) is 1.78. The lowest BCUT2D eigenvalue weighted by atomic mass is 9.92. The number of guanidine groups is 1. The van der Waals surface area contributed by atoms with Gasteiger partial charge in [-0.25, -0.2) is 0 Å². The Morgan fingerprint density at radius 2 is 1.96 bits per heavy atom. The van der Waals surface area contributed by atoms with E-state index >= 15 is 0 Å². The van der Waals surface area contributed by atoms with Crippen molar-refractivity contribution in [3.05, 3.63) is 21.3 Å². The molecule has 1 aliphatic carbocycles. The van der Waals surface area contributed by atoms with Gasteiger partial charge in [0.2, 0.25) is 0 Å². The van der Waals surface area contributed by atoms with Crippen molar-refractivity contribution in [3.63, 3.8) is 0 Å². The van der Waals surface area contributed by atoms with Crippen molar-refractivity contribution in [2.45, 2.75) is 63.1 Å². The number of aliphatic imine (C=N–C) groups is 1. The van der Waals surface area contributed by atoms with E-state index in [0.29, 0.717) is 16.9 Å². The van der Waals surface area contributed by atoms with Crippen molar-refractivity contribution >= 4 is 52.9 Å². The Kier molecular flexibility index (Phi) is 10.1. The van der Waals surface area contributed by atoms with Crippen LogP contribution in [-0.2, 0) is 0 Å². The summed E-state index contributed by atoms with van der Waals surface area (Å²) in [6, 6.07) is 4.96. The van der Waals surface area contributed by atoms with E-state index in [4.69, 9.17) is 11.6 Å². The van der Waals surface area contributed by atoms with Crippen LogP contribution < -0.4 is 10.6 Å². The molecule has 0 amide bonds. The zero-order valence-corrected chi connectivity index (χ0v) is 19.9. The van der Waals surface area contributed by atoms with Crippen LogP contribution in [0.5, 0.6) is 0 Å². The highest BCUT2D eigenvalue weighted by Crippen LogP contribution is 2.27. The Hall–Kier alpha value is -0.0900. The van der Waals surface area contributed by atoms with E-state index in [1.54, 1.807) is 7.05 Å². The number of halogens is 2. The molecule has 2 heterocycles. The maximum Gasteiger partial charge on any atom is 0.191 e. The molecule has 1 saturated carbocycles. The molecule has 1 aromatic heterocycles. The maximum atomic E-state index is 10.3. The molecule has 1 unspecified atom stereocenters. The number of hydrogen-bond acceptors (Lipinski definition) is 4. The number of rotatable bonds is 5. The van der Waals surface area contributed by atoms with Gasteiger partial charge in [0, 0.05) is 43.6 Å². The smallest absolute Gasteiger partial charge is 0.191 e. The summed E-state index contributed by atoms with van der Waals surface area (Å²) >= 11 is 7.35. The highest BCUT2D eigenvalue weighted by Gasteiger charge is 2.26. The summed E-state index contributed by atoms with van der Waals surface area (Å²) in [5, 5.41) is 17.0. The maximum absolute atomic E-state index is 10.3. The van der Waals surface area contributed by atoms with Gasteiger partial charge in [-0.15, -0.1) is 35.3 Å². The van der Waals surface area contributed by atoms with Gasteiger partial charge in [-0.05, 0) is 37.8 Å². The first-order valence-electron chi connectivity index (χ1n) is 9.80. The van der Waals surface area contributed by atoms with E-state index in [1.165, 1.54) is 56.5 Å². The van der Waals surface area contributed by atoms with Crippen LogP contribution in [0.15, 0.2) is 17.1 Å². The van der Waals surface area contributed by atoms with Crippen LogP contribution in [0, 0.1) is 0 Å². The Morgan fingerprint density at radius 3 is 2.56 bits per heavy atom. The van der Waals surface area contributed by atoms with Gasteiger partial charge in [-0.3, -0.25) is 4.99 Å². The first kappa shape index (κ1) is 23.2. The molecule has 8 heteroatoms. The molecule has 0 bridgehead atoms. The van der Waals surface area contributed by atoms with Crippen molar-refractivity contribution in [2.24, 2.45) is 4.99 Å². The summed E-state index contributed by atoms with van der Waals surface area (Å²) in [5.74, 6) is 0.766. The second-order valence-corrected chi connectivity index (χ2v) is 9.10. The zero-order valence-electron chi connectivity index (χ0n) is 16.0. The highest BCUT2D eigenvalue weighted by atomic mass is 127. The number of piperidine rings is 1. The molecule has 1 atom stereocenters. The Bertz CT molecular complexity index is 586. The lowest BCUT2D eigenvalue weighted by Crippen LogP contribution is -2.51. The van der Waals surface area contributed by atoms with Gasteiger partial charge in [0.25, 0.3) is 0 Å². The summed E-state index contributed by atoms with van der Waals surface area (Å²) in [5.41, 5.74) is 0. The van der Waals surface area contributed by atoms with Crippen molar-refractivity contribution in [3.8, 4) is 0 Å². The Morgan fingerprint density at radius 1 is 1.26 bits per heavy atom. The minimum absolute atomic E-state index is 0. The highest BCUT2D eigenvalue weighted by molar-refractivity contribution is 14.0. The Balaban J connectivity index is 0.00000261. The largest absolute Gasteiger partial charge is 0.386 e. The van der Waals surface area contributed by atoms with Gasteiger partial charge in [0.1, 0.15) is 6.10 Å². The minimum atomic E-state index is -0.570. The molecule has 0 aromatic carbocycles. The molecule has 3 N–H and O–H groups in total. The van der Waals surface area contributed by atoms with Crippen LogP contribution in [0.4, 0.5) is 0 Å². The fraction of sp³-hybridized carbons (Fsp3) is 0.737. The van der Waals surface area contributed by atoms with E-state index in [9.17, 15) is 5.11 Å². The summed E-state index contributed by atoms with van der Waals surface area (Å²) < 4.78 is 0.700. The van der Waals surface area contributed by atoms with E-state index in [2.05, 4.69) is 20.5 Å². The number of aliphatic hydroxyl groups is 1. The third-order valence-electron chi connectivity index (χ3n) is 5.57. The first-order valence-corrected chi connectivity index (χ1v) is 11.0. The lowest BCUT2D eigenvalue weighted by Gasteiger charge is -2.39. The van der Waals surface area contributed by atoms with Gasteiger partial charge in [0.05, 0.1) is 4.34 Å². The summed E-state index contributed by atoms with van der Waals surface area (Å²) in [6.45, 7) is 2.78. The second kappa shape index (κ2) is 11.8. The van der Waals surface area contributed by atoms with Crippen molar-refractivity contribution < 1.29 is 5.11 Å². The molecule has 2 aliphatic rings. The van der Waals surface area contributed by atoms with Crippen LogP contribution in [0.25, 0.3) is 0 Å². The topological polar surface area (TPSA) is 59.9 Å². The van der Waals surface area contributed by atoms with Crippen molar-refractivity contribution in [2.75, 3.05) is 26.7 Å². The second-order valence-electron chi connectivity index (χ2n) is 7.36. The molecule has 27 heavy (non-hydrogen) atoms. The van der Waals surface area contributed by atoms with E-state index in [0.717, 1.165) is 29.7 Å². The lowest BCUT2D eigenvalue weighted by molar-refractivity contribution is 0.119. The van der Waals surface area contributed by atoms with E-state index in [-0.39, 0.29) is 24.0 Å². The molecule has 0 spiro atoms. The Labute approximate surface area is 189 Å². The number of hydrogen-bond donors (Lipinski definition) is 3. The van der Waals surface area contributed by atoms with Gasteiger partial charge in [-0.1, -0.05) is 30.9 Å². The summed E-state index contributed by atoms with van der Waals surface area (Å²) in [6.07, 6.45) is 8.71. The van der Waals surface area contributed by atoms with Crippen LogP contribution in [0.2, 0.25) is 4.34 Å². The quantitative estimate of drug-likeness (QED) is 0.308. The minimum Gasteiger partial charge on any atom is -0.386 e. The number of nitrogens with zero attached hydrogens (tertiary/aromatic N) is 2. The molecule has 1 aromatic rings. The van der Waals surface area contributed by atoms with Crippen LogP contribution in [-0.4, -0.2) is 54.7 Å². The van der Waals surface area contributed by atoms with Gasteiger partial charge >= 0.3 is 0 Å². The van der Waals surface area contributed by atoms with E-state index < -0.39 is 6.10 Å². The molecular formula is C19H32ClIN4OS. The molecular weight excluding hydrogens is 495 g/mol. The van der Waals surface area contributed by atoms with Crippen molar-refractivity contribution in [1.82, 2.24) is 15.5 Å². The average molecular weight is 527 g/mol. The van der Waals surface area contributed by atoms with Crippen LogP contribution >= 0.6 is 46.9 Å². The molecule has 1 aliphatic heterocycles. The van der Waals surface area contributed by atoms with Gasteiger partial charge in [-0.2, -0.15) is 0 Å². The molecule has 3 rings (SSSR count). The first-order chi connectivity index (χ1) is 12.7. The molecule has 2 fully saturated rings.